The zero-order valence-corrected chi connectivity index (χ0v) is 14.2. The minimum absolute atomic E-state index is 0.0346. The van der Waals surface area contributed by atoms with E-state index < -0.39 is 0 Å². The highest BCUT2D eigenvalue weighted by Crippen LogP contribution is 2.28. The van der Waals surface area contributed by atoms with E-state index in [1.807, 2.05) is 25.1 Å². The average molecular weight is 346 g/mol. The molecule has 3 aromatic carbocycles. The Bertz CT molecular complexity index is 814. The number of anilines is 1. The summed E-state index contributed by atoms with van der Waals surface area (Å²) < 4.78 is 5.88. The first-order valence-corrected chi connectivity index (χ1v) is 8.22. The summed E-state index contributed by atoms with van der Waals surface area (Å²) in [5, 5.41) is 6.98. The van der Waals surface area contributed by atoms with E-state index in [0.29, 0.717) is 22.3 Å². The summed E-state index contributed by atoms with van der Waals surface area (Å²) in [7, 11) is 0. The van der Waals surface area contributed by atoms with E-state index in [1.165, 1.54) is 10.8 Å². The molecule has 4 heteroatoms. The van der Waals surface area contributed by atoms with Crippen LogP contribution in [0.15, 0.2) is 60.7 Å². The van der Waals surface area contributed by atoms with Gasteiger partial charge in [-0.15, -0.1) is 0 Å². The zero-order chi connectivity index (χ0) is 16.2. The molecular formula is C19H17Cl2NO. The smallest absolute Gasteiger partial charge is 0.138 e. The fraction of sp³-hybridized carbons (Fsp3) is 0.158. The molecule has 0 aliphatic carbocycles. The van der Waals surface area contributed by atoms with Gasteiger partial charge in [0, 0.05) is 16.1 Å². The first-order chi connectivity index (χ1) is 11.1. The lowest BCUT2D eigenvalue weighted by atomic mass is 10.1. The van der Waals surface area contributed by atoms with Gasteiger partial charge in [-0.1, -0.05) is 59.6 Å². The van der Waals surface area contributed by atoms with Crippen LogP contribution in [-0.2, 0) is 0 Å². The first kappa shape index (κ1) is 16.0. The van der Waals surface area contributed by atoms with Gasteiger partial charge < -0.3 is 10.1 Å². The van der Waals surface area contributed by atoms with Crippen molar-refractivity contribution in [1.82, 2.24) is 0 Å². The van der Waals surface area contributed by atoms with Gasteiger partial charge in [0.25, 0.3) is 0 Å². The molecule has 1 atom stereocenters. The SMILES string of the molecule is CC(CNc1cccc2ccccc12)Oc1ccc(Cl)cc1Cl. The lowest BCUT2D eigenvalue weighted by Gasteiger charge is -2.18. The fourth-order valence-corrected chi connectivity index (χ4v) is 2.92. The number of hydrogen-bond acceptors (Lipinski definition) is 2. The number of nitrogens with one attached hydrogen (secondary N) is 1. The number of benzene rings is 3. The number of hydrogen-bond donors (Lipinski definition) is 1. The summed E-state index contributed by atoms with van der Waals surface area (Å²) in [5.74, 6) is 0.642. The molecule has 0 saturated heterocycles. The summed E-state index contributed by atoms with van der Waals surface area (Å²) in [5.41, 5.74) is 1.10. The molecule has 0 aliphatic rings. The number of ether oxygens (including phenoxy) is 1. The predicted molar refractivity (Wildman–Crippen MR) is 99.0 cm³/mol. The van der Waals surface area contributed by atoms with Crippen molar-refractivity contribution >= 4 is 39.7 Å². The van der Waals surface area contributed by atoms with Crippen molar-refractivity contribution in [3.63, 3.8) is 0 Å². The third-order valence-corrected chi connectivity index (χ3v) is 4.12. The molecule has 0 radical (unpaired) electrons. The van der Waals surface area contributed by atoms with E-state index in [-0.39, 0.29) is 6.10 Å². The van der Waals surface area contributed by atoms with Crippen molar-refractivity contribution in [3.8, 4) is 5.75 Å². The second-order valence-corrected chi connectivity index (χ2v) is 6.25. The largest absolute Gasteiger partial charge is 0.487 e. The quantitative estimate of drug-likeness (QED) is 0.609. The van der Waals surface area contributed by atoms with Crippen LogP contribution in [0, 0.1) is 0 Å². The van der Waals surface area contributed by atoms with E-state index in [0.717, 1.165) is 5.69 Å². The molecule has 3 rings (SSSR count). The Morgan fingerprint density at radius 3 is 2.61 bits per heavy atom. The Hall–Kier alpha value is -1.90. The second kappa shape index (κ2) is 7.12. The number of rotatable bonds is 5. The normalized spacial score (nSPS) is 12.1. The molecule has 0 heterocycles. The van der Waals surface area contributed by atoms with Crippen molar-refractivity contribution < 1.29 is 4.74 Å². The third-order valence-electron chi connectivity index (χ3n) is 3.59. The molecule has 23 heavy (non-hydrogen) atoms. The maximum Gasteiger partial charge on any atom is 0.138 e. The summed E-state index contributed by atoms with van der Waals surface area (Å²) in [4.78, 5) is 0. The summed E-state index contributed by atoms with van der Waals surface area (Å²) in [6, 6.07) is 19.8. The Balaban J connectivity index is 1.67. The van der Waals surface area contributed by atoms with Crippen molar-refractivity contribution in [2.75, 3.05) is 11.9 Å². The second-order valence-electron chi connectivity index (χ2n) is 5.41. The lowest BCUT2D eigenvalue weighted by molar-refractivity contribution is 0.235. The zero-order valence-electron chi connectivity index (χ0n) is 12.7. The van der Waals surface area contributed by atoms with Crippen molar-refractivity contribution in [3.05, 3.63) is 70.7 Å². The van der Waals surface area contributed by atoms with Crippen LogP contribution < -0.4 is 10.1 Å². The van der Waals surface area contributed by atoms with E-state index in [4.69, 9.17) is 27.9 Å². The molecular weight excluding hydrogens is 329 g/mol. The molecule has 0 bridgehead atoms. The van der Waals surface area contributed by atoms with E-state index in [1.54, 1.807) is 18.2 Å². The molecule has 0 saturated carbocycles. The van der Waals surface area contributed by atoms with E-state index in [9.17, 15) is 0 Å². The van der Waals surface area contributed by atoms with Crippen LogP contribution in [0.4, 0.5) is 5.69 Å². The van der Waals surface area contributed by atoms with Crippen molar-refractivity contribution in [2.45, 2.75) is 13.0 Å². The molecule has 0 spiro atoms. The van der Waals surface area contributed by atoms with Gasteiger partial charge in [0.15, 0.2) is 0 Å². The molecule has 0 fully saturated rings. The topological polar surface area (TPSA) is 21.3 Å². The molecule has 1 N–H and O–H groups in total. The van der Waals surface area contributed by atoms with Crippen LogP contribution in [0.2, 0.25) is 10.0 Å². The van der Waals surface area contributed by atoms with Crippen LogP contribution >= 0.6 is 23.2 Å². The van der Waals surface area contributed by atoms with Crippen LogP contribution in [0.25, 0.3) is 10.8 Å². The Kier molecular flexibility index (Phi) is 4.94. The van der Waals surface area contributed by atoms with Gasteiger partial charge >= 0.3 is 0 Å². The van der Waals surface area contributed by atoms with Crippen LogP contribution in [0.3, 0.4) is 0 Å². The van der Waals surface area contributed by atoms with Gasteiger partial charge in [0.1, 0.15) is 11.9 Å². The molecule has 0 aliphatic heterocycles. The monoisotopic (exact) mass is 345 g/mol. The fourth-order valence-electron chi connectivity index (χ4n) is 2.46. The number of fused-ring (bicyclic) bond motifs is 1. The van der Waals surface area contributed by atoms with Crippen LogP contribution in [-0.4, -0.2) is 12.6 Å². The Labute approximate surface area is 146 Å². The van der Waals surface area contributed by atoms with E-state index in [2.05, 4.69) is 29.6 Å². The molecule has 1 unspecified atom stereocenters. The highest BCUT2D eigenvalue weighted by molar-refractivity contribution is 6.35. The van der Waals surface area contributed by atoms with E-state index >= 15 is 0 Å². The molecule has 2 nitrogen and oxygen atoms in total. The Morgan fingerprint density at radius 2 is 1.78 bits per heavy atom. The van der Waals surface area contributed by atoms with Crippen molar-refractivity contribution in [1.29, 1.82) is 0 Å². The van der Waals surface area contributed by atoms with Crippen LogP contribution in [0.5, 0.6) is 5.75 Å². The molecule has 118 valence electrons. The maximum atomic E-state index is 6.14. The summed E-state index contributed by atoms with van der Waals surface area (Å²) in [6.07, 6.45) is -0.0346. The van der Waals surface area contributed by atoms with Gasteiger partial charge in [-0.25, -0.2) is 0 Å². The number of halogens is 2. The van der Waals surface area contributed by atoms with Gasteiger partial charge in [-0.3, -0.25) is 0 Å². The maximum absolute atomic E-state index is 6.14. The molecule has 0 amide bonds. The highest BCUT2D eigenvalue weighted by atomic mass is 35.5. The Morgan fingerprint density at radius 1 is 1.00 bits per heavy atom. The average Bonchev–Trinajstić information content (AvgIpc) is 2.55. The van der Waals surface area contributed by atoms with Crippen molar-refractivity contribution in [2.24, 2.45) is 0 Å². The first-order valence-electron chi connectivity index (χ1n) is 7.47. The molecule has 0 aromatic heterocycles. The standard InChI is InChI=1S/C19H17Cl2NO/c1-13(23-19-10-9-15(20)11-17(19)21)12-22-18-8-4-6-14-5-2-3-7-16(14)18/h2-11,13,22H,12H2,1H3. The third kappa shape index (κ3) is 3.90. The van der Waals surface area contributed by atoms with Gasteiger partial charge in [-0.05, 0) is 36.6 Å². The van der Waals surface area contributed by atoms with Gasteiger partial charge in [-0.2, -0.15) is 0 Å². The predicted octanol–water partition coefficient (Wildman–Crippen LogP) is 6.03. The summed E-state index contributed by atoms with van der Waals surface area (Å²) in [6.45, 7) is 2.68. The van der Waals surface area contributed by atoms with Crippen LogP contribution in [0.1, 0.15) is 6.92 Å². The minimum atomic E-state index is -0.0346. The molecule has 3 aromatic rings. The summed E-state index contributed by atoms with van der Waals surface area (Å²) >= 11 is 12.0. The van der Waals surface area contributed by atoms with Gasteiger partial charge in [0.05, 0.1) is 11.6 Å². The van der Waals surface area contributed by atoms with Gasteiger partial charge in [0.2, 0.25) is 0 Å². The minimum Gasteiger partial charge on any atom is -0.487 e. The lowest BCUT2D eigenvalue weighted by Crippen LogP contribution is -2.22. The highest BCUT2D eigenvalue weighted by Gasteiger charge is 2.09.